The summed E-state index contributed by atoms with van der Waals surface area (Å²) < 4.78 is 60.6. The van der Waals surface area contributed by atoms with E-state index in [9.17, 15) is 21.6 Å². The zero-order chi connectivity index (χ0) is 13.7. The molecule has 0 rings (SSSR count). The lowest BCUT2D eigenvalue weighted by Gasteiger charge is -2.15. The summed E-state index contributed by atoms with van der Waals surface area (Å²) in [5, 5.41) is -0.192. The van der Waals surface area contributed by atoms with E-state index in [1.165, 1.54) is 0 Å². The highest BCUT2D eigenvalue weighted by atomic mass is 35.5. The van der Waals surface area contributed by atoms with E-state index in [1.54, 1.807) is 13.8 Å². The Morgan fingerprint density at radius 3 is 2.24 bits per heavy atom. The molecular formula is C9H17ClF3NO2S. The van der Waals surface area contributed by atoms with E-state index >= 15 is 0 Å². The summed E-state index contributed by atoms with van der Waals surface area (Å²) in [5.74, 6) is -0.520. The second-order valence-corrected chi connectivity index (χ2v) is 6.69. The lowest BCUT2D eigenvalue weighted by Crippen LogP contribution is -2.35. The second kappa shape index (κ2) is 6.80. The number of halogens is 4. The molecule has 0 spiro atoms. The molecule has 0 aliphatic rings. The highest BCUT2D eigenvalue weighted by Crippen LogP contribution is 2.21. The number of sulfonamides is 1. The van der Waals surface area contributed by atoms with Crippen molar-refractivity contribution in [1.82, 2.24) is 4.72 Å². The smallest absolute Gasteiger partial charge is 0.212 e. The monoisotopic (exact) mass is 295 g/mol. The highest BCUT2D eigenvalue weighted by Gasteiger charge is 2.27. The summed E-state index contributed by atoms with van der Waals surface area (Å²) in [6.07, 6.45) is -5.40. The molecule has 104 valence electrons. The van der Waals surface area contributed by atoms with E-state index in [-0.39, 0.29) is 11.4 Å². The van der Waals surface area contributed by atoms with Gasteiger partial charge in [-0.05, 0) is 26.7 Å². The average molecular weight is 296 g/mol. The minimum Gasteiger partial charge on any atom is -0.212 e. The molecule has 0 heterocycles. The molecule has 0 saturated heterocycles. The molecule has 0 amide bonds. The third-order valence-corrected chi connectivity index (χ3v) is 3.70. The summed E-state index contributed by atoms with van der Waals surface area (Å²) >= 11 is 5.68. The maximum absolute atomic E-state index is 11.8. The molecule has 3 nitrogen and oxygen atoms in total. The minimum absolute atomic E-state index is 0.192. The van der Waals surface area contributed by atoms with Crippen molar-refractivity contribution in [3.05, 3.63) is 0 Å². The van der Waals surface area contributed by atoms with Crippen LogP contribution in [0, 0.1) is 0 Å². The van der Waals surface area contributed by atoms with Crippen molar-refractivity contribution in [3.8, 4) is 0 Å². The van der Waals surface area contributed by atoms with Crippen LogP contribution in [0.3, 0.4) is 0 Å². The van der Waals surface area contributed by atoms with Crippen LogP contribution in [0.15, 0.2) is 0 Å². The Balaban J connectivity index is 4.04. The largest absolute Gasteiger partial charge is 0.389 e. The molecule has 0 bridgehead atoms. The van der Waals surface area contributed by atoms with Gasteiger partial charge in [-0.1, -0.05) is 0 Å². The van der Waals surface area contributed by atoms with Gasteiger partial charge in [0.05, 0.1) is 5.75 Å². The van der Waals surface area contributed by atoms with Crippen molar-refractivity contribution in [2.45, 2.75) is 50.7 Å². The van der Waals surface area contributed by atoms with Gasteiger partial charge in [-0.3, -0.25) is 0 Å². The molecule has 17 heavy (non-hydrogen) atoms. The molecule has 0 aromatic carbocycles. The van der Waals surface area contributed by atoms with E-state index in [0.717, 1.165) is 0 Å². The first-order valence-corrected chi connectivity index (χ1v) is 7.31. The van der Waals surface area contributed by atoms with Crippen molar-refractivity contribution >= 4 is 21.6 Å². The Labute approximate surface area is 105 Å². The summed E-state index contributed by atoms with van der Waals surface area (Å²) in [5.41, 5.74) is 0. The Morgan fingerprint density at radius 1 is 1.29 bits per heavy atom. The van der Waals surface area contributed by atoms with Gasteiger partial charge in [-0.2, -0.15) is 13.2 Å². The Hall–Kier alpha value is -0.0100. The van der Waals surface area contributed by atoms with Crippen LogP contribution in [0.4, 0.5) is 13.2 Å². The van der Waals surface area contributed by atoms with Crippen molar-refractivity contribution in [1.29, 1.82) is 0 Å². The third-order valence-electron chi connectivity index (χ3n) is 1.93. The first kappa shape index (κ1) is 17.0. The second-order valence-electron chi connectivity index (χ2n) is 4.07. The molecule has 0 aromatic heterocycles. The van der Waals surface area contributed by atoms with Gasteiger partial charge in [0.2, 0.25) is 10.0 Å². The molecule has 8 heteroatoms. The maximum atomic E-state index is 11.8. The predicted octanol–water partition coefficient (Wildman–Crippen LogP) is 2.65. The first-order valence-electron chi connectivity index (χ1n) is 5.22. The maximum Gasteiger partial charge on any atom is 0.389 e. The predicted molar refractivity (Wildman–Crippen MR) is 61.6 cm³/mol. The van der Waals surface area contributed by atoms with E-state index in [0.29, 0.717) is 6.42 Å². The van der Waals surface area contributed by atoms with Crippen molar-refractivity contribution in [3.63, 3.8) is 0 Å². The van der Waals surface area contributed by atoms with E-state index in [2.05, 4.69) is 4.72 Å². The van der Waals surface area contributed by atoms with Crippen LogP contribution in [-0.4, -0.2) is 31.8 Å². The highest BCUT2D eigenvalue weighted by molar-refractivity contribution is 7.89. The summed E-state index contributed by atoms with van der Waals surface area (Å²) in [7, 11) is -3.66. The minimum atomic E-state index is -4.31. The molecule has 0 fully saturated rings. The number of nitrogens with one attached hydrogen (secondary N) is 1. The van der Waals surface area contributed by atoms with Gasteiger partial charge < -0.3 is 0 Å². The topological polar surface area (TPSA) is 46.2 Å². The summed E-state index contributed by atoms with van der Waals surface area (Å²) in [6, 6.07) is -0.376. The number of rotatable bonds is 7. The fraction of sp³-hybridized carbons (Fsp3) is 1.00. The number of alkyl halides is 4. The van der Waals surface area contributed by atoms with Gasteiger partial charge in [0.1, 0.15) is 0 Å². The zero-order valence-corrected chi connectivity index (χ0v) is 11.3. The van der Waals surface area contributed by atoms with Crippen LogP contribution in [0.2, 0.25) is 0 Å². The third kappa shape index (κ3) is 10.8. The van der Waals surface area contributed by atoms with Crippen LogP contribution < -0.4 is 4.72 Å². The van der Waals surface area contributed by atoms with Crippen LogP contribution in [0.5, 0.6) is 0 Å². The van der Waals surface area contributed by atoms with Crippen molar-refractivity contribution in [2.75, 3.05) is 5.75 Å². The quantitative estimate of drug-likeness (QED) is 0.734. The zero-order valence-electron chi connectivity index (χ0n) is 9.72. The van der Waals surface area contributed by atoms with E-state index in [1.807, 2.05) is 0 Å². The summed E-state index contributed by atoms with van der Waals surface area (Å²) in [4.78, 5) is 0. The average Bonchev–Trinajstić information content (AvgIpc) is 1.96. The molecule has 0 saturated carbocycles. The molecule has 2 unspecified atom stereocenters. The van der Waals surface area contributed by atoms with Gasteiger partial charge in [-0.25, -0.2) is 13.1 Å². The first-order chi connectivity index (χ1) is 7.52. The van der Waals surface area contributed by atoms with Crippen LogP contribution in [0.25, 0.3) is 0 Å². The molecule has 0 radical (unpaired) electrons. The Bertz CT molecular complexity index is 317. The lowest BCUT2D eigenvalue weighted by molar-refractivity contribution is -0.134. The lowest BCUT2D eigenvalue weighted by atomic mass is 10.2. The Kier molecular flexibility index (Phi) is 6.79. The molecule has 2 atom stereocenters. The fourth-order valence-electron chi connectivity index (χ4n) is 1.36. The molecule has 0 aliphatic carbocycles. The normalized spacial score (nSPS) is 16.8. The van der Waals surface area contributed by atoms with Crippen molar-refractivity contribution in [2.24, 2.45) is 0 Å². The molecule has 1 N–H and O–H groups in total. The van der Waals surface area contributed by atoms with Gasteiger partial charge in [0, 0.05) is 17.8 Å². The molecule has 0 aromatic rings. The fourth-order valence-corrected chi connectivity index (χ4v) is 2.98. The van der Waals surface area contributed by atoms with Crippen LogP contribution in [0.1, 0.15) is 33.1 Å². The number of hydrogen-bond acceptors (Lipinski definition) is 2. The van der Waals surface area contributed by atoms with Crippen LogP contribution >= 0.6 is 11.6 Å². The van der Waals surface area contributed by atoms with Crippen LogP contribution in [-0.2, 0) is 10.0 Å². The molecular weight excluding hydrogens is 279 g/mol. The van der Waals surface area contributed by atoms with Gasteiger partial charge in [0.15, 0.2) is 0 Å². The van der Waals surface area contributed by atoms with Gasteiger partial charge in [0.25, 0.3) is 0 Å². The van der Waals surface area contributed by atoms with Crippen molar-refractivity contribution < 1.29 is 21.6 Å². The Morgan fingerprint density at radius 2 is 1.82 bits per heavy atom. The van der Waals surface area contributed by atoms with E-state index in [4.69, 9.17) is 11.6 Å². The van der Waals surface area contributed by atoms with Gasteiger partial charge in [-0.15, -0.1) is 11.6 Å². The standard InChI is InChI=1S/C9H17ClF3NO2S/c1-7(10)6-8(2)14-17(15,16)5-3-4-9(11,12)13/h7-8,14H,3-6H2,1-2H3. The SMILES string of the molecule is CC(Cl)CC(C)NS(=O)(=O)CCCC(F)(F)F. The molecule has 0 aliphatic heterocycles. The number of hydrogen-bond donors (Lipinski definition) is 1. The summed E-state index contributed by atoms with van der Waals surface area (Å²) in [6.45, 7) is 3.34. The van der Waals surface area contributed by atoms with E-state index < -0.39 is 34.8 Å². The van der Waals surface area contributed by atoms with Gasteiger partial charge >= 0.3 is 6.18 Å².